The second-order valence-corrected chi connectivity index (χ2v) is 7.96. The van der Waals surface area contributed by atoms with Crippen molar-refractivity contribution in [2.24, 2.45) is 0 Å². The topological polar surface area (TPSA) is 98.2 Å². The zero-order chi connectivity index (χ0) is 18.9. The van der Waals surface area contributed by atoms with Crippen molar-refractivity contribution < 1.29 is 17.5 Å². The molecule has 7 nitrogen and oxygen atoms in total. The summed E-state index contributed by atoms with van der Waals surface area (Å²) >= 11 is 0. The van der Waals surface area contributed by atoms with Gasteiger partial charge in [-0.05, 0) is 19.1 Å². The highest BCUT2D eigenvalue weighted by molar-refractivity contribution is 7.88. The van der Waals surface area contributed by atoms with E-state index in [2.05, 4.69) is 15.0 Å². The van der Waals surface area contributed by atoms with Crippen LogP contribution in [-0.4, -0.2) is 18.7 Å². The molecule has 1 N–H and O–H groups in total. The van der Waals surface area contributed by atoms with Gasteiger partial charge in [-0.1, -0.05) is 52.8 Å². The summed E-state index contributed by atoms with van der Waals surface area (Å²) < 4.78 is 38.0. The molecule has 0 saturated heterocycles. The molecule has 8 heteroatoms. The average molecular weight is 383 g/mol. The van der Waals surface area contributed by atoms with E-state index in [0.717, 1.165) is 11.1 Å². The summed E-state index contributed by atoms with van der Waals surface area (Å²) in [6, 6.07) is 16.7. The molecule has 4 aromatic rings. The fourth-order valence-electron chi connectivity index (χ4n) is 2.84. The van der Waals surface area contributed by atoms with Crippen molar-refractivity contribution in [3.8, 4) is 11.3 Å². The number of sulfonamides is 1. The highest BCUT2D eigenvalue weighted by Gasteiger charge is 2.20. The van der Waals surface area contributed by atoms with Gasteiger partial charge in [0.15, 0.2) is 11.3 Å². The van der Waals surface area contributed by atoms with Crippen molar-refractivity contribution in [2.45, 2.75) is 19.2 Å². The molecule has 0 amide bonds. The third-order valence-corrected chi connectivity index (χ3v) is 5.53. The standard InChI is InChI=1S/C19H17N3O4S/c1-13-16(21-26-19(13)14-7-3-2-4-8-14)11-20-27(23,24)12-17-15-9-5-6-10-18(15)25-22-17/h2-10,20H,11-12H2,1H3. The number of para-hydroxylation sites is 1. The van der Waals surface area contributed by atoms with Crippen molar-refractivity contribution in [1.29, 1.82) is 0 Å². The number of fused-ring (bicyclic) bond motifs is 1. The SMILES string of the molecule is Cc1c(CNS(=O)(=O)Cc2noc3ccccc23)noc1-c1ccccc1. The summed E-state index contributed by atoms with van der Waals surface area (Å²) in [4.78, 5) is 0. The first-order chi connectivity index (χ1) is 13.0. The number of rotatable bonds is 6. The van der Waals surface area contributed by atoms with Crippen LogP contribution in [0.5, 0.6) is 0 Å². The van der Waals surface area contributed by atoms with Gasteiger partial charge >= 0.3 is 0 Å². The zero-order valence-corrected chi connectivity index (χ0v) is 15.4. The molecule has 2 heterocycles. The van der Waals surface area contributed by atoms with Crippen LogP contribution in [0.1, 0.15) is 17.0 Å². The minimum absolute atomic E-state index is 0.0419. The molecular weight excluding hydrogens is 366 g/mol. The number of benzene rings is 2. The van der Waals surface area contributed by atoms with Gasteiger partial charge in [0.05, 0.1) is 6.54 Å². The van der Waals surface area contributed by atoms with Gasteiger partial charge in [0, 0.05) is 16.5 Å². The molecular formula is C19H17N3O4S. The van der Waals surface area contributed by atoms with Crippen LogP contribution in [0.15, 0.2) is 63.6 Å². The molecule has 0 bridgehead atoms. The smallest absolute Gasteiger partial charge is 0.217 e. The monoisotopic (exact) mass is 383 g/mol. The maximum absolute atomic E-state index is 12.5. The van der Waals surface area contributed by atoms with E-state index in [4.69, 9.17) is 9.05 Å². The Bertz CT molecular complexity index is 1180. The normalized spacial score (nSPS) is 11.9. The maximum atomic E-state index is 12.5. The van der Waals surface area contributed by atoms with Gasteiger partial charge < -0.3 is 9.05 Å². The van der Waals surface area contributed by atoms with E-state index in [1.54, 1.807) is 12.1 Å². The fourth-order valence-corrected chi connectivity index (χ4v) is 3.87. The Morgan fingerprint density at radius 3 is 2.44 bits per heavy atom. The van der Waals surface area contributed by atoms with E-state index in [1.807, 2.05) is 49.4 Å². The van der Waals surface area contributed by atoms with Crippen molar-refractivity contribution in [3.05, 3.63) is 71.5 Å². The molecule has 0 aliphatic rings. The van der Waals surface area contributed by atoms with Crippen molar-refractivity contribution in [1.82, 2.24) is 15.0 Å². The molecule has 0 spiro atoms. The van der Waals surface area contributed by atoms with Gasteiger partial charge in [-0.25, -0.2) is 13.1 Å². The van der Waals surface area contributed by atoms with E-state index in [-0.39, 0.29) is 12.3 Å². The Morgan fingerprint density at radius 2 is 1.63 bits per heavy atom. The molecule has 4 rings (SSSR count). The lowest BCUT2D eigenvalue weighted by molar-refractivity contribution is 0.422. The number of nitrogens with one attached hydrogen (secondary N) is 1. The van der Waals surface area contributed by atoms with Crippen LogP contribution in [0.3, 0.4) is 0 Å². The van der Waals surface area contributed by atoms with Crippen LogP contribution in [0, 0.1) is 6.92 Å². The summed E-state index contributed by atoms with van der Waals surface area (Å²) in [5.74, 6) is 0.360. The third-order valence-electron chi connectivity index (χ3n) is 4.29. The van der Waals surface area contributed by atoms with E-state index in [1.165, 1.54) is 0 Å². The van der Waals surface area contributed by atoms with Gasteiger partial charge in [0.25, 0.3) is 0 Å². The summed E-state index contributed by atoms with van der Waals surface area (Å²) in [5, 5.41) is 8.56. The van der Waals surface area contributed by atoms with E-state index in [9.17, 15) is 8.42 Å². The molecule has 0 aliphatic heterocycles. The Morgan fingerprint density at radius 1 is 0.926 bits per heavy atom. The molecule has 0 fully saturated rings. The Balaban J connectivity index is 1.49. The predicted octanol–water partition coefficient (Wildman–Crippen LogP) is 3.41. The molecule has 0 atom stereocenters. The number of hydrogen-bond donors (Lipinski definition) is 1. The molecule has 0 saturated carbocycles. The minimum atomic E-state index is -3.62. The summed E-state index contributed by atoms with van der Waals surface area (Å²) in [6.07, 6.45) is 0. The number of aromatic nitrogens is 2. The summed E-state index contributed by atoms with van der Waals surface area (Å²) in [7, 11) is -3.62. The second-order valence-electron chi connectivity index (χ2n) is 6.16. The highest BCUT2D eigenvalue weighted by atomic mass is 32.2. The van der Waals surface area contributed by atoms with Gasteiger partial charge in [0.2, 0.25) is 10.0 Å². The minimum Gasteiger partial charge on any atom is -0.356 e. The maximum Gasteiger partial charge on any atom is 0.217 e. The first-order valence-electron chi connectivity index (χ1n) is 8.35. The third kappa shape index (κ3) is 3.62. The molecule has 2 aromatic carbocycles. The Hall–Kier alpha value is -2.97. The van der Waals surface area contributed by atoms with Gasteiger partial charge in [-0.3, -0.25) is 0 Å². The van der Waals surface area contributed by atoms with Crippen LogP contribution in [0.2, 0.25) is 0 Å². The van der Waals surface area contributed by atoms with E-state index < -0.39 is 10.0 Å². The van der Waals surface area contributed by atoms with E-state index >= 15 is 0 Å². The van der Waals surface area contributed by atoms with Gasteiger partial charge in [-0.15, -0.1) is 0 Å². The van der Waals surface area contributed by atoms with Crippen LogP contribution < -0.4 is 4.72 Å². The lowest BCUT2D eigenvalue weighted by Gasteiger charge is -2.04. The first-order valence-corrected chi connectivity index (χ1v) is 10.00. The molecule has 27 heavy (non-hydrogen) atoms. The molecule has 0 unspecified atom stereocenters. The molecule has 0 radical (unpaired) electrons. The average Bonchev–Trinajstić information content (AvgIpc) is 3.24. The van der Waals surface area contributed by atoms with Crippen molar-refractivity contribution in [3.63, 3.8) is 0 Å². The molecule has 2 aromatic heterocycles. The lowest BCUT2D eigenvalue weighted by atomic mass is 10.1. The number of nitrogens with zero attached hydrogens (tertiary/aromatic N) is 2. The van der Waals surface area contributed by atoms with Crippen molar-refractivity contribution >= 4 is 21.0 Å². The summed E-state index contributed by atoms with van der Waals surface area (Å²) in [6.45, 7) is 1.90. The van der Waals surface area contributed by atoms with Crippen LogP contribution in [0.25, 0.3) is 22.3 Å². The fraction of sp³-hybridized carbons (Fsp3) is 0.158. The second kappa shape index (κ2) is 6.98. The van der Waals surface area contributed by atoms with Crippen molar-refractivity contribution in [2.75, 3.05) is 0 Å². The van der Waals surface area contributed by atoms with Crippen LogP contribution >= 0.6 is 0 Å². The first kappa shape index (κ1) is 17.4. The Labute approximate surface area is 156 Å². The largest absolute Gasteiger partial charge is 0.356 e. The quantitative estimate of drug-likeness (QED) is 0.548. The molecule has 0 aliphatic carbocycles. The highest BCUT2D eigenvalue weighted by Crippen LogP contribution is 2.25. The van der Waals surface area contributed by atoms with Crippen LogP contribution in [0.4, 0.5) is 0 Å². The zero-order valence-electron chi connectivity index (χ0n) is 14.5. The predicted molar refractivity (Wildman–Crippen MR) is 100 cm³/mol. The molecule has 138 valence electrons. The van der Waals surface area contributed by atoms with Crippen LogP contribution in [-0.2, 0) is 22.3 Å². The lowest BCUT2D eigenvalue weighted by Crippen LogP contribution is -2.25. The van der Waals surface area contributed by atoms with E-state index in [0.29, 0.717) is 28.1 Å². The number of hydrogen-bond acceptors (Lipinski definition) is 6. The Kier molecular flexibility index (Phi) is 4.51. The van der Waals surface area contributed by atoms with Gasteiger partial charge in [-0.2, -0.15) is 0 Å². The summed E-state index contributed by atoms with van der Waals surface area (Å²) in [5.41, 5.74) is 3.17. The van der Waals surface area contributed by atoms with Gasteiger partial charge in [0.1, 0.15) is 17.1 Å².